The molecule has 1 aliphatic rings. The molecule has 2 unspecified atom stereocenters. The van der Waals surface area contributed by atoms with Crippen LogP contribution in [0.5, 0.6) is 0 Å². The highest BCUT2D eigenvalue weighted by Gasteiger charge is 2.41. The number of amides is 1. The van der Waals surface area contributed by atoms with Crippen molar-refractivity contribution in [3.05, 3.63) is 29.8 Å². The monoisotopic (exact) mass is 297 g/mol. The molecule has 1 amide bonds. The summed E-state index contributed by atoms with van der Waals surface area (Å²) < 4.78 is 23.0. The molecule has 7 heteroatoms. The molecule has 0 aromatic heterocycles. The predicted molar refractivity (Wildman–Crippen MR) is 73.4 cm³/mol. The van der Waals surface area contributed by atoms with Crippen molar-refractivity contribution in [1.29, 1.82) is 0 Å². The van der Waals surface area contributed by atoms with Gasteiger partial charge in [0, 0.05) is 18.4 Å². The maximum Gasteiger partial charge on any atom is 0.327 e. The number of carboxylic acid groups (broad SMARTS) is 1. The van der Waals surface area contributed by atoms with E-state index in [2.05, 4.69) is 0 Å². The van der Waals surface area contributed by atoms with Crippen molar-refractivity contribution >= 4 is 27.4 Å². The minimum Gasteiger partial charge on any atom is -0.480 e. The number of hydrogen-bond donors (Lipinski definition) is 1. The van der Waals surface area contributed by atoms with E-state index in [9.17, 15) is 23.1 Å². The van der Waals surface area contributed by atoms with Gasteiger partial charge in [-0.3, -0.25) is 9.69 Å². The summed E-state index contributed by atoms with van der Waals surface area (Å²) in [6.07, 6.45) is 1.15. The van der Waals surface area contributed by atoms with E-state index in [0.717, 1.165) is 16.7 Å². The third kappa shape index (κ3) is 2.40. The van der Waals surface area contributed by atoms with Gasteiger partial charge in [-0.25, -0.2) is 13.2 Å². The summed E-state index contributed by atoms with van der Waals surface area (Å²) in [6, 6.07) is 5.76. The fourth-order valence-corrected chi connectivity index (χ4v) is 2.71. The molecule has 20 heavy (non-hydrogen) atoms. The van der Waals surface area contributed by atoms with Crippen molar-refractivity contribution in [3.8, 4) is 0 Å². The molecule has 0 fully saturated rings. The zero-order chi connectivity index (χ0) is 15.1. The molecular formula is C13H15NO5S. The number of fused-ring (bicyclic) bond motifs is 1. The molecule has 6 nitrogen and oxygen atoms in total. The van der Waals surface area contributed by atoms with Crippen LogP contribution >= 0.6 is 0 Å². The Morgan fingerprint density at radius 3 is 2.50 bits per heavy atom. The number of rotatable bonds is 3. The lowest BCUT2D eigenvalue weighted by Crippen LogP contribution is -2.48. The van der Waals surface area contributed by atoms with Crippen LogP contribution in [0.15, 0.2) is 24.3 Å². The highest BCUT2D eigenvalue weighted by Crippen LogP contribution is 2.33. The Morgan fingerprint density at radius 1 is 1.35 bits per heavy atom. The quantitative estimate of drug-likeness (QED) is 0.875. The minimum atomic E-state index is -3.58. The predicted octanol–water partition coefficient (Wildman–Crippen LogP) is 0.462. The van der Waals surface area contributed by atoms with Crippen molar-refractivity contribution in [2.24, 2.45) is 0 Å². The topological polar surface area (TPSA) is 91.8 Å². The van der Waals surface area contributed by atoms with Crippen molar-refractivity contribution in [2.75, 3.05) is 11.2 Å². The summed E-state index contributed by atoms with van der Waals surface area (Å²) >= 11 is 0. The van der Waals surface area contributed by atoms with Crippen LogP contribution in [0.1, 0.15) is 12.5 Å². The van der Waals surface area contributed by atoms with E-state index >= 15 is 0 Å². The maximum absolute atomic E-state index is 12.4. The van der Waals surface area contributed by atoms with Crippen molar-refractivity contribution in [1.82, 2.24) is 0 Å². The summed E-state index contributed by atoms with van der Waals surface area (Å²) in [7, 11) is -3.58. The molecular weight excluding hydrogens is 282 g/mol. The number of carbonyl (C=O) groups excluding carboxylic acids is 1. The van der Waals surface area contributed by atoms with Gasteiger partial charge in [0.1, 0.15) is 11.3 Å². The molecule has 0 bridgehead atoms. The molecule has 0 radical (unpaired) electrons. The second-order valence-corrected chi connectivity index (χ2v) is 7.23. The van der Waals surface area contributed by atoms with Gasteiger partial charge in [0.2, 0.25) is 5.91 Å². The van der Waals surface area contributed by atoms with Gasteiger partial charge < -0.3 is 5.11 Å². The Balaban J connectivity index is 2.46. The molecule has 1 aliphatic heterocycles. The van der Waals surface area contributed by atoms with E-state index in [1.807, 2.05) is 0 Å². The van der Waals surface area contributed by atoms with Crippen LogP contribution in [0.3, 0.4) is 0 Å². The van der Waals surface area contributed by atoms with E-state index in [0.29, 0.717) is 5.69 Å². The molecule has 0 saturated carbocycles. The van der Waals surface area contributed by atoms with Gasteiger partial charge in [-0.05, 0) is 18.6 Å². The lowest BCUT2D eigenvalue weighted by Gasteiger charge is -2.25. The third-order valence-corrected chi connectivity index (χ3v) is 4.97. The van der Waals surface area contributed by atoms with E-state index in [1.54, 1.807) is 24.3 Å². The molecule has 2 rings (SSSR count). The van der Waals surface area contributed by atoms with E-state index in [4.69, 9.17) is 0 Å². The Morgan fingerprint density at radius 2 is 1.95 bits per heavy atom. The number of aliphatic carboxylic acids is 1. The molecule has 1 aromatic rings. The lowest BCUT2D eigenvalue weighted by molar-refractivity contribution is -0.139. The summed E-state index contributed by atoms with van der Waals surface area (Å²) in [5, 5.41) is 7.98. The number of para-hydroxylation sites is 1. The largest absolute Gasteiger partial charge is 0.480 e. The fraction of sp³-hybridized carbons (Fsp3) is 0.385. The average molecular weight is 297 g/mol. The van der Waals surface area contributed by atoms with Crippen molar-refractivity contribution in [3.63, 3.8) is 0 Å². The first-order valence-electron chi connectivity index (χ1n) is 6.06. The molecule has 0 aliphatic carbocycles. The third-order valence-electron chi connectivity index (χ3n) is 3.49. The Kier molecular flexibility index (Phi) is 3.56. The molecule has 1 heterocycles. The van der Waals surface area contributed by atoms with Crippen LogP contribution in [0.4, 0.5) is 5.69 Å². The van der Waals surface area contributed by atoms with Crippen LogP contribution in [-0.4, -0.2) is 42.9 Å². The van der Waals surface area contributed by atoms with Crippen LogP contribution in [0.2, 0.25) is 0 Å². The first-order chi connectivity index (χ1) is 9.23. The van der Waals surface area contributed by atoms with Crippen LogP contribution in [0, 0.1) is 0 Å². The van der Waals surface area contributed by atoms with Gasteiger partial charge in [0.15, 0.2) is 9.84 Å². The zero-order valence-electron chi connectivity index (χ0n) is 11.1. The van der Waals surface area contributed by atoms with Gasteiger partial charge in [-0.15, -0.1) is 0 Å². The second kappa shape index (κ2) is 4.90. The van der Waals surface area contributed by atoms with Gasteiger partial charge >= 0.3 is 5.97 Å². The number of sulfone groups is 1. The molecule has 1 N–H and O–H groups in total. The smallest absolute Gasteiger partial charge is 0.327 e. The van der Waals surface area contributed by atoms with E-state index in [1.165, 1.54) is 6.92 Å². The highest BCUT2D eigenvalue weighted by atomic mass is 32.2. The van der Waals surface area contributed by atoms with Crippen molar-refractivity contribution < 1.29 is 23.1 Å². The molecule has 1 aromatic carbocycles. The minimum absolute atomic E-state index is 0.188. The first-order valence-corrected chi connectivity index (χ1v) is 8.01. The molecule has 0 spiro atoms. The van der Waals surface area contributed by atoms with Crippen LogP contribution in [-0.2, 0) is 25.8 Å². The summed E-state index contributed by atoms with van der Waals surface area (Å²) in [6.45, 7) is 1.28. The van der Waals surface area contributed by atoms with Crippen LogP contribution in [0.25, 0.3) is 0 Å². The fourth-order valence-electron chi connectivity index (χ4n) is 2.23. The normalized spacial score (nSPS) is 19.5. The van der Waals surface area contributed by atoms with Crippen LogP contribution < -0.4 is 4.90 Å². The lowest BCUT2D eigenvalue weighted by atomic mass is 10.1. The Bertz CT molecular complexity index is 667. The summed E-state index contributed by atoms with van der Waals surface area (Å²) in [4.78, 5) is 24.8. The van der Waals surface area contributed by atoms with Gasteiger partial charge in [-0.2, -0.15) is 0 Å². The Hall–Kier alpha value is -1.89. The Labute approximate surface area is 116 Å². The SMILES string of the molecule is CC(C(=O)N1c2ccccc2CC1C(=O)O)S(C)(=O)=O. The number of carbonyl (C=O) groups is 2. The van der Waals surface area contributed by atoms with E-state index in [-0.39, 0.29) is 6.42 Å². The maximum atomic E-state index is 12.4. The number of hydrogen-bond acceptors (Lipinski definition) is 4. The number of nitrogens with zero attached hydrogens (tertiary/aromatic N) is 1. The standard InChI is InChI=1S/C13H15NO5S/c1-8(20(2,18)19)12(15)14-10-6-4-3-5-9(10)7-11(14)13(16)17/h3-6,8,11H,7H2,1-2H3,(H,16,17). The van der Waals surface area contributed by atoms with E-state index < -0.39 is 33.0 Å². The zero-order valence-corrected chi connectivity index (χ0v) is 11.9. The second-order valence-electron chi connectivity index (χ2n) is 4.87. The number of carboxylic acids is 1. The average Bonchev–Trinajstić information content (AvgIpc) is 2.75. The van der Waals surface area contributed by atoms with Gasteiger partial charge in [0.25, 0.3) is 0 Å². The molecule has 2 atom stereocenters. The molecule has 108 valence electrons. The van der Waals surface area contributed by atoms with Crippen molar-refractivity contribution in [2.45, 2.75) is 24.6 Å². The molecule has 0 saturated heterocycles. The first kappa shape index (κ1) is 14.5. The van der Waals surface area contributed by atoms with Gasteiger partial charge in [0.05, 0.1) is 0 Å². The van der Waals surface area contributed by atoms with Gasteiger partial charge in [-0.1, -0.05) is 18.2 Å². The number of benzene rings is 1. The highest BCUT2D eigenvalue weighted by molar-refractivity contribution is 7.92. The summed E-state index contributed by atoms with van der Waals surface area (Å²) in [5.41, 5.74) is 1.20. The summed E-state index contributed by atoms with van der Waals surface area (Å²) in [5.74, 6) is -1.85. The number of anilines is 1.